The first-order chi connectivity index (χ1) is 13.3. The lowest BCUT2D eigenvalue weighted by molar-refractivity contribution is -0.116. The van der Waals surface area contributed by atoms with Gasteiger partial charge in [0.05, 0.1) is 5.69 Å². The van der Waals surface area contributed by atoms with Gasteiger partial charge >= 0.3 is 0 Å². The average molecular weight is 380 g/mol. The molecule has 3 aromatic rings. The minimum Gasteiger partial charge on any atom is -0.310 e. The molecule has 0 saturated carbocycles. The van der Waals surface area contributed by atoms with Crippen molar-refractivity contribution in [2.24, 2.45) is 0 Å². The Morgan fingerprint density at radius 2 is 1.93 bits per heavy atom. The number of H-pyrrole nitrogens is 1. The smallest absolute Gasteiger partial charge is 0.255 e. The van der Waals surface area contributed by atoms with E-state index in [1.54, 1.807) is 24.7 Å². The molecule has 2 N–H and O–H groups in total. The van der Waals surface area contributed by atoms with Gasteiger partial charge in [-0.3, -0.25) is 14.6 Å². The maximum Gasteiger partial charge on any atom is 0.255 e. The number of carbonyl (C=O) groups is 1. The Balaban J connectivity index is 1.78. The monoisotopic (exact) mass is 380 g/mol. The SMILES string of the molecule is Cc1cccnc1NC(=O)CCc1c(C)nn(-c2nc(C)c(C)c(=O)[nH]2)c1C. The molecular formula is C20H24N6O2. The average Bonchev–Trinajstić information content (AvgIpc) is 2.93. The van der Waals surface area contributed by atoms with Gasteiger partial charge in [-0.25, -0.2) is 14.6 Å². The third-order valence-corrected chi connectivity index (χ3v) is 4.89. The van der Waals surface area contributed by atoms with Crippen LogP contribution in [0.15, 0.2) is 23.1 Å². The molecule has 0 fully saturated rings. The summed E-state index contributed by atoms with van der Waals surface area (Å²) < 4.78 is 1.62. The van der Waals surface area contributed by atoms with Crippen molar-refractivity contribution in [3.8, 4) is 5.95 Å². The van der Waals surface area contributed by atoms with Gasteiger partial charge in [0.15, 0.2) is 0 Å². The molecule has 0 atom stereocenters. The predicted molar refractivity (Wildman–Crippen MR) is 107 cm³/mol. The first-order valence-corrected chi connectivity index (χ1v) is 9.12. The lowest BCUT2D eigenvalue weighted by atomic mass is 10.1. The molecule has 28 heavy (non-hydrogen) atoms. The fourth-order valence-electron chi connectivity index (χ4n) is 3.02. The molecule has 0 aromatic carbocycles. The van der Waals surface area contributed by atoms with Gasteiger partial charge in [-0.15, -0.1) is 0 Å². The van der Waals surface area contributed by atoms with Crippen molar-refractivity contribution in [3.05, 3.63) is 62.5 Å². The molecule has 0 bridgehead atoms. The van der Waals surface area contributed by atoms with E-state index in [2.05, 4.69) is 25.4 Å². The van der Waals surface area contributed by atoms with Gasteiger partial charge in [0, 0.05) is 29.6 Å². The number of pyridine rings is 1. The van der Waals surface area contributed by atoms with Crippen molar-refractivity contribution in [2.75, 3.05) is 5.32 Å². The van der Waals surface area contributed by atoms with Gasteiger partial charge in [0.25, 0.3) is 5.56 Å². The van der Waals surface area contributed by atoms with Gasteiger partial charge in [0.2, 0.25) is 11.9 Å². The number of amides is 1. The fraction of sp³-hybridized carbons (Fsp3) is 0.350. The molecule has 146 valence electrons. The van der Waals surface area contributed by atoms with Crippen molar-refractivity contribution in [1.29, 1.82) is 0 Å². The van der Waals surface area contributed by atoms with Gasteiger partial charge in [-0.1, -0.05) is 6.07 Å². The zero-order valence-electron chi connectivity index (χ0n) is 16.8. The van der Waals surface area contributed by atoms with Crippen LogP contribution in [0.1, 0.15) is 40.2 Å². The summed E-state index contributed by atoms with van der Waals surface area (Å²) in [7, 11) is 0. The lowest BCUT2D eigenvalue weighted by Gasteiger charge is -2.08. The van der Waals surface area contributed by atoms with E-state index in [9.17, 15) is 9.59 Å². The molecule has 1 amide bonds. The molecule has 0 aliphatic heterocycles. The summed E-state index contributed by atoms with van der Waals surface area (Å²) in [6.07, 6.45) is 2.49. The van der Waals surface area contributed by atoms with Gasteiger partial charge < -0.3 is 5.32 Å². The second kappa shape index (κ2) is 7.75. The number of aromatic amines is 1. The molecule has 0 saturated heterocycles. The van der Waals surface area contributed by atoms with Crippen LogP contribution in [0.3, 0.4) is 0 Å². The zero-order chi connectivity index (χ0) is 20.4. The molecule has 3 aromatic heterocycles. The van der Waals surface area contributed by atoms with Crippen LogP contribution in [0.4, 0.5) is 5.82 Å². The highest BCUT2D eigenvalue weighted by Gasteiger charge is 2.17. The third-order valence-electron chi connectivity index (χ3n) is 4.89. The van der Waals surface area contributed by atoms with E-state index in [4.69, 9.17) is 0 Å². The summed E-state index contributed by atoms with van der Waals surface area (Å²) in [6.45, 7) is 9.23. The number of rotatable bonds is 5. The highest BCUT2D eigenvalue weighted by atomic mass is 16.1. The number of carbonyl (C=O) groups excluding carboxylic acids is 1. The van der Waals surface area contributed by atoms with Crippen molar-refractivity contribution in [1.82, 2.24) is 24.7 Å². The molecule has 0 radical (unpaired) electrons. The van der Waals surface area contributed by atoms with Crippen LogP contribution >= 0.6 is 0 Å². The molecule has 0 aliphatic rings. The largest absolute Gasteiger partial charge is 0.310 e. The van der Waals surface area contributed by atoms with Crippen LogP contribution < -0.4 is 10.9 Å². The molecular weight excluding hydrogens is 356 g/mol. The van der Waals surface area contributed by atoms with Crippen molar-refractivity contribution in [2.45, 2.75) is 47.5 Å². The summed E-state index contributed by atoms with van der Waals surface area (Å²) in [5.74, 6) is 0.855. The number of nitrogens with zero attached hydrogens (tertiary/aromatic N) is 4. The molecule has 0 aliphatic carbocycles. The summed E-state index contributed by atoms with van der Waals surface area (Å²) in [4.78, 5) is 35.8. The normalized spacial score (nSPS) is 10.9. The van der Waals surface area contributed by atoms with Gasteiger partial charge in [0.1, 0.15) is 5.82 Å². The third kappa shape index (κ3) is 3.85. The Morgan fingerprint density at radius 3 is 2.61 bits per heavy atom. The van der Waals surface area contributed by atoms with Crippen molar-refractivity contribution < 1.29 is 4.79 Å². The molecule has 8 heteroatoms. The molecule has 8 nitrogen and oxygen atoms in total. The summed E-state index contributed by atoms with van der Waals surface area (Å²) in [6, 6.07) is 3.73. The molecule has 3 heterocycles. The Morgan fingerprint density at radius 1 is 1.18 bits per heavy atom. The Kier molecular flexibility index (Phi) is 5.39. The Labute approximate surface area is 163 Å². The number of hydrogen-bond donors (Lipinski definition) is 2. The van der Waals surface area contributed by atoms with E-state index >= 15 is 0 Å². The predicted octanol–water partition coefficient (Wildman–Crippen LogP) is 2.46. The maximum atomic E-state index is 12.3. The summed E-state index contributed by atoms with van der Waals surface area (Å²) >= 11 is 0. The van der Waals surface area contributed by atoms with Crippen molar-refractivity contribution in [3.63, 3.8) is 0 Å². The standard InChI is InChI=1S/C20H24N6O2/c1-11-7-6-10-21-18(11)23-17(27)9-8-16-14(4)25-26(15(16)5)20-22-13(3)12(2)19(28)24-20/h6-7,10H,8-9H2,1-5H3,(H,21,23,27)(H,22,24,28). The van der Waals surface area contributed by atoms with Crippen molar-refractivity contribution >= 4 is 11.7 Å². The minimum absolute atomic E-state index is 0.105. The van der Waals surface area contributed by atoms with Crippen LogP contribution in [0.5, 0.6) is 0 Å². The lowest BCUT2D eigenvalue weighted by Crippen LogP contribution is -2.18. The highest BCUT2D eigenvalue weighted by Crippen LogP contribution is 2.18. The summed E-state index contributed by atoms with van der Waals surface area (Å²) in [5, 5.41) is 7.35. The minimum atomic E-state index is -0.179. The first kappa shape index (κ1) is 19.5. The number of hydrogen-bond acceptors (Lipinski definition) is 5. The Hall–Kier alpha value is -3.29. The number of aromatic nitrogens is 5. The van der Waals surface area contributed by atoms with Crippen LogP contribution in [-0.2, 0) is 11.2 Å². The highest BCUT2D eigenvalue weighted by molar-refractivity contribution is 5.90. The maximum absolute atomic E-state index is 12.3. The molecule has 0 spiro atoms. The second-order valence-corrected chi connectivity index (χ2v) is 6.88. The van der Waals surface area contributed by atoms with Crippen LogP contribution in [0, 0.1) is 34.6 Å². The number of aryl methyl sites for hydroxylation is 3. The molecule has 3 rings (SSSR count). The second-order valence-electron chi connectivity index (χ2n) is 6.88. The number of anilines is 1. The van der Waals surface area contributed by atoms with E-state index < -0.39 is 0 Å². The summed E-state index contributed by atoms with van der Waals surface area (Å²) in [5.41, 5.74) is 4.62. The van der Waals surface area contributed by atoms with E-state index in [1.807, 2.05) is 32.9 Å². The van der Waals surface area contributed by atoms with E-state index in [-0.39, 0.29) is 11.5 Å². The quantitative estimate of drug-likeness (QED) is 0.707. The first-order valence-electron chi connectivity index (χ1n) is 9.12. The Bertz CT molecular complexity index is 1100. The van der Waals surface area contributed by atoms with Gasteiger partial charge in [-0.2, -0.15) is 5.10 Å². The topological polar surface area (TPSA) is 106 Å². The fourth-order valence-corrected chi connectivity index (χ4v) is 3.02. The van der Waals surface area contributed by atoms with Crippen LogP contribution in [-0.4, -0.2) is 30.6 Å². The van der Waals surface area contributed by atoms with E-state index in [0.29, 0.717) is 35.9 Å². The van der Waals surface area contributed by atoms with E-state index in [1.165, 1.54) is 0 Å². The number of nitrogens with one attached hydrogen (secondary N) is 2. The van der Waals surface area contributed by atoms with Gasteiger partial charge in [-0.05, 0) is 58.2 Å². The zero-order valence-corrected chi connectivity index (χ0v) is 16.8. The van der Waals surface area contributed by atoms with Crippen LogP contribution in [0.25, 0.3) is 5.95 Å². The van der Waals surface area contributed by atoms with E-state index in [0.717, 1.165) is 22.5 Å². The molecule has 0 unspecified atom stereocenters. The van der Waals surface area contributed by atoms with Crippen LogP contribution in [0.2, 0.25) is 0 Å².